The smallest absolute Gasteiger partial charge is 0.238 e. The SMILES string of the molecule is c1ccc(-c2cccc(-c3cccc(-c4nc(-c5ccccc5)nc(-n5c6ccccc6c6c(-c7ccccc7)c(-c7ccccc7)c7c8ccccc8n(-c8ccccc8)c7c65)n4)c3)n2)cc1. The third-order valence-electron chi connectivity index (χ3n) is 13.0. The summed E-state index contributed by atoms with van der Waals surface area (Å²) in [6.07, 6.45) is 0. The van der Waals surface area contributed by atoms with Crippen LogP contribution in [0.4, 0.5) is 0 Å². The maximum atomic E-state index is 5.53. The van der Waals surface area contributed by atoms with Crippen molar-refractivity contribution >= 4 is 43.6 Å². The topological polar surface area (TPSA) is 61.4 Å². The van der Waals surface area contributed by atoms with Crippen LogP contribution in [0.15, 0.2) is 243 Å². The lowest BCUT2D eigenvalue weighted by molar-refractivity contribution is 0.953. The molecule has 318 valence electrons. The van der Waals surface area contributed by atoms with Crippen molar-refractivity contribution in [1.29, 1.82) is 0 Å². The Bertz CT molecular complexity index is 3990. The van der Waals surface area contributed by atoms with Gasteiger partial charge in [-0.15, -0.1) is 0 Å². The minimum Gasteiger partial charge on any atom is -0.307 e. The molecule has 4 aromatic heterocycles. The van der Waals surface area contributed by atoms with E-state index in [2.05, 4.69) is 215 Å². The number of hydrogen-bond acceptors (Lipinski definition) is 4. The van der Waals surface area contributed by atoms with Gasteiger partial charge in [-0.1, -0.05) is 200 Å². The molecule has 13 rings (SSSR count). The fourth-order valence-electron chi connectivity index (χ4n) is 10.0. The van der Waals surface area contributed by atoms with Gasteiger partial charge in [-0.05, 0) is 53.6 Å². The van der Waals surface area contributed by atoms with Crippen molar-refractivity contribution in [2.45, 2.75) is 0 Å². The standard InChI is InChI=1S/C62H40N6/c1-6-22-41(23-7-1)50-36-21-37-51(63-50)45-30-20-31-46(40-45)61-64-60(44-28-12-4-13-29-44)65-62(66-61)68-53-39-19-17-35-49(53)57-55(43-26-10-3-11-27-43)54(42-24-8-2-9-25-42)56-48-34-16-18-38-52(48)67(58(56)59(57)68)47-32-14-5-15-33-47/h1-40H. The molecule has 0 spiro atoms. The van der Waals surface area contributed by atoms with Crippen LogP contribution >= 0.6 is 0 Å². The maximum absolute atomic E-state index is 5.53. The summed E-state index contributed by atoms with van der Waals surface area (Å²) in [5, 5.41) is 4.53. The first-order valence-corrected chi connectivity index (χ1v) is 22.9. The molecule has 6 nitrogen and oxygen atoms in total. The van der Waals surface area contributed by atoms with E-state index in [1.165, 1.54) is 5.56 Å². The summed E-state index contributed by atoms with van der Waals surface area (Å²) in [5.41, 5.74) is 15.4. The second-order valence-corrected chi connectivity index (χ2v) is 17.0. The van der Waals surface area contributed by atoms with Crippen molar-refractivity contribution in [2.24, 2.45) is 0 Å². The highest BCUT2D eigenvalue weighted by Crippen LogP contribution is 2.52. The van der Waals surface area contributed by atoms with Crippen molar-refractivity contribution in [1.82, 2.24) is 29.1 Å². The van der Waals surface area contributed by atoms with Crippen LogP contribution in [0.3, 0.4) is 0 Å². The van der Waals surface area contributed by atoms with Crippen molar-refractivity contribution in [2.75, 3.05) is 0 Å². The first kappa shape index (κ1) is 39.1. The molecule has 0 N–H and O–H groups in total. The summed E-state index contributed by atoms with van der Waals surface area (Å²) in [4.78, 5) is 21.4. The molecule has 0 unspecified atom stereocenters. The van der Waals surface area contributed by atoms with Gasteiger partial charge in [0.2, 0.25) is 5.95 Å². The second kappa shape index (κ2) is 16.3. The molecule has 0 aliphatic carbocycles. The number of para-hydroxylation sites is 3. The summed E-state index contributed by atoms with van der Waals surface area (Å²) < 4.78 is 4.72. The van der Waals surface area contributed by atoms with Gasteiger partial charge in [-0.2, -0.15) is 9.97 Å². The molecule has 0 amide bonds. The van der Waals surface area contributed by atoms with Crippen LogP contribution in [0.2, 0.25) is 0 Å². The third-order valence-corrected chi connectivity index (χ3v) is 13.0. The van der Waals surface area contributed by atoms with Crippen LogP contribution in [0.1, 0.15) is 0 Å². The van der Waals surface area contributed by atoms with E-state index in [1.54, 1.807) is 0 Å². The van der Waals surface area contributed by atoms with E-state index in [0.717, 1.165) is 99.6 Å². The Morgan fingerprint density at radius 3 is 1.28 bits per heavy atom. The number of hydrogen-bond donors (Lipinski definition) is 0. The molecule has 0 atom stereocenters. The Balaban J connectivity index is 1.17. The Morgan fingerprint density at radius 1 is 0.279 bits per heavy atom. The molecule has 4 heterocycles. The molecule has 0 fully saturated rings. The van der Waals surface area contributed by atoms with E-state index < -0.39 is 0 Å². The zero-order chi connectivity index (χ0) is 45.0. The van der Waals surface area contributed by atoms with Gasteiger partial charge in [-0.25, -0.2) is 9.97 Å². The summed E-state index contributed by atoms with van der Waals surface area (Å²) in [6.45, 7) is 0. The lowest BCUT2D eigenvalue weighted by atomic mass is 9.87. The van der Waals surface area contributed by atoms with Crippen LogP contribution in [-0.4, -0.2) is 29.1 Å². The number of fused-ring (bicyclic) bond motifs is 7. The van der Waals surface area contributed by atoms with Gasteiger partial charge >= 0.3 is 0 Å². The fraction of sp³-hybridized carbons (Fsp3) is 0. The quantitative estimate of drug-likeness (QED) is 0.153. The zero-order valence-corrected chi connectivity index (χ0v) is 36.8. The maximum Gasteiger partial charge on any atom is 0.238 e. The number of aromatic nitrogens is 6. The van der Waals surface area contributed by atoms with Crippen molar-refractivity contribution in [3.8, 4) is 79.2 Å². The van der Waals surface area contributed by atoms with Gasteiger partial charge < -0.3 is 4.57 Å². The molecule has 0 radical (unpaired) electrons. The first-order valence-electron chi connectivity index (χ1n) is 22.9. The highest BCUT2D eigenvalue weighted by Gasteiger charge is 2.30. The lowest BCUT2D eigenvalue weighted by Crippen LogP contribution is -2.07. The Hall–Kier alpha value is -9.26. The number of benzene rings is 9. The number of nitrogens with zero attached hydrogens (tertiary/aromatic N) is 6. The van der Waals surface area contributed by atoms with Crippen LogP contribution in [0.25, 0.3) is 123 Å². The molecule has 68 heavy (non-hydrogen) atoms. The minimum atomic E-state index is 0.521. The Labute approximate surface area is 392 Å². The molecule has 9 aromatic carbocycles. The van der Waals surface area contributed by atoms with Crippen LogP contribution in [0, 0.1) is 0 Å². The van der Waals surface area contributed by atoms with E-state index >= 15 is 0 Å². The average molecular weight is 869 g/mol. The predicted molar refractivity (Wildman–Crippen MR) is 279 cm³/mol. The highest BCUT2D eigenvalue weighted by molar-refractivity contribution is 6.33. The van der Waals surface area contributed by atoms with Gasteiger partial charge in [-0.3, -0.25) is 4.57 Å². The van der Waals surface area contributed by atoms with E-state index in [0.29, 0.717) is 17.6 Å². The molecule has 13 aromatic rings. The van der Waals surface area contributed by atoms with Crippen LogP contribution in [0.5, 0.6) is 0 Å². The van der Waals surface area contributed by atoms with E-state index in [-0.39, 0.29) is 0 Å². The lowest BCUT2D eigenvalue weighted by Gasteiger charge is -2.18. The van der Waals surface area contributed by atoms with Gasteiger partial charge in [0.15, 0.2) is 11.6 Å². The summed E-state index contributed by atoms with van der Waals surface area (Å²) >= 11 is 0. The number of rotatable bonds is 8. The predicted octanol–water partition coefficient (Wildman–Crippen LogP) is 15.5. The van der Waals surface area contributed by atoms with Crippen LogP contribution in [-0.2, 0) is 0 Å². The van der Waals surface area contributed by atoms with Crippen LogP contribution < -0.4 is 0 Å². The Kier molecular flexibility index (Phi) is 9.39. The summed E-state index contributed by atoms with van der Waals surface area (Å²) in [5.74, 6) is 1.66. The van der Waals surface area contributed by atoms with E-state index in [4.69, 9.17) is 19.9 Å². The third kappa shape index (κ3) is 6.50. The van der Waals surface area contributed by atoms with Gasteiger partial charge in [0, 0.05) is 60.6 Å². The molecule has 6 heteroatoms. The van der Waals surface area contributed by atoms with Crippen molar-refractivity contribution < 1.29 is 0 Å². The monoisotopic (exact) mass is 868 g/mol. The van der Waals surface area contributed by atoms with Gasteiger partial charge in [0.05, 0.1) is 33.5 Å². The fourth-order valence-corrected chi connectivity index (χ4v) is 10.0. The molecular weight excluding hydrogens is 829 g/mol. The van der Waals surface area contributed by atoms with Crippen molar-refractivity contribution in [3.05, 3.63) is 243 Å². The molecule has 0 aliphatic rings. The van der Waals surface area contributed by atoms with E-state index in [1.807, 2.05) is 36.4 Å². The van der Waals surface area contributed by atoms with Gasteiger partial charge in [0.25, 0.3) is 0 Å². The Morgan fingerprint density at radius 2 is 0.691 bits per heavy atom. The largest absolute Gasteiger partial charge is 0.307 e. The minimum absolute atomic E-state index is 0.521. The molecule has 0 saturated carbocycles. The average Bonchev–Trinajstić information content (AvgIpc) is 3.95. The second-order valence-electron chi connectivity index (χ2n) is 17.0. The van der Waals surface area contributed by atoms with Gasteiger partial charge in [0.1, 0.15) is 0 Å². The zero-order valence-electron chi connectivity index (χ0n) is 36.8. The summed E-state index contributed by atoms with van der Waals surface area (Å²) in [6, 6.07) is 85.0. The van der Waals surface area contributed by atoms with Crippen molar-refractivity contribution in [3.63, 3.8) is 0 Å². The normalized spacial score (nSPS) is 11.5. The molecule has 0 saturated heterocycles. The first-order chi connectivity index (χ1) is 33.8. The molecule has 0 aliphatic heterocycles. The number of pyridine rings is 1. The highest BCUT2D eigenvalue weighted by atomic mass is 15.2. The molecular formula is C62H40N6. The summed E-state index contributed by atoms with van der Waals surface area (Å²) in [7, 11) is 0. The van der Waals surface area contributed by atoms with E-state index in [9.17, 15) is 0 Å². The molecule has 0 bridgehead atoms.